The first-order chi connectivity index (χ1) is 6.90. The van der Waals surface area contributed by atoms with Crippen LogP contribution < -0.4 is 5.32 Å². The first-order valence-electron chi connectivity index (χ1n) is 5.30. The SMILES string of the molecule is COC1COCCC1NC1=NCCC1. The number of nitrogens with one attached hydrogen (secondary N) is 1. The van der Waals surface area contributed by atoms with E-state index in [9.17, 15) is 0 Å². The Kier molecular flexibility index (Phi) is 3.37. The molecule has 2 atom stereocenters. The van der Waals surface area contributed by atoms with Gasteiger partial charge in [0.05, 0.1) is 18.5 Å². The number of hydrogen-bond donors (Lipinski definition) is 1. The largest absolute Gasteiger partial charge is 0.379 e. The second-order valence-electron chi connectivity index (χ2n) is 3.82. The van der Waals surface area contributed by atoms with Gasteiger partial charge in [-0.2, -0.15) is 0 Å². The monoisotopic (exact) mass is 198 g/mol. The Morgan fingerprint density at radius 2 is 2.50 bits per heavy atom. The van der Waals surface area contributed by atoms with Crippen LogP contribution in [-0.4, -0.2) is 44.8 Å². The summed E-state index contributed by atoms with van der Waals surface area (Å²) in [5.41, 5.74) is 0. The molecule has 4 heteroatoms. The maximum Gasteiger partial charge on any atom is 0.101 e. The van der Waals surface area contributed by atoms with Gasteiger partial charge in [0, 0.05) is 26.7 Å². The molecule has 0 aromatic carbocycles. The third-order valence-electron chi connectivity index (χ3n) is 2.83. The highest BCUT2D eigenvalue weighted by Gasteiger charge is 2.26. The fourth-order valence-electron chi connectivity index (χ4n) is 1.98. The van der Waals surface area contributed by atoms with Gasteiger partial charge in [-0.3, -0.25) is 4.99 Å². The van der Waals surface area contributed by atoms with E-state index in [1.165, 1.54) is 6.42 Å². The quantitative estimate of drug-likeness (QED) is 0.705. The van der Waals surface area contributed by atoms with E-state index in [1.807, 2.05) is 0 Å². The number of rotatable bonds is 2. The van der Waals surface area contributed by atoms with Crippen molar-refractivity contribution in [1.82, 2.24) is 5.32 Å². The molecule has 2 aliphatic rings. The van der Waals surface area contributed by atoms with Gasteiger partial charge in [-0.15, -0.1) is 0 Å². The van der Waals surface area contributed by atoms with Crippen LogP contribution in [0.3, 0.4) is 0 Å². The lowest BCUT2D eigenvalue weighted by atomic mass is 10.1. The van der Waals surface area contributed by atoms with Gasteiger partial charge in [-0.1, -0.05) is 0 Å². The Balaban J connectivity index is 1.87. The van der Waals surface area contributed by atoms with Crippen LogP contribution in [0.1, 0.15) is 19.3 Å². The first kappa shape index (κ1) is 9.93. The van der Waals surface area contributed by atoms with Crippen molar-refractivity contribution < 1.29 is 9.47 Å². The zero-order valence-electron chi connectivity index (χ0n) is 8.66. The summed E-state index contributed by atoms with van der Waals surface area (Å²) in [4.78, 5) is 4.41. The Hall–Kier alpha value is -0.610. The van der Waals surface area contributed by atoms with E-state index in [0.717, 1.165) is 31.8 Å². The lowest BCUT2D eigenvalue weighted by Crippen LogP contribution is -2.49. The molecule has 4 nitrogen and oxygen atoms in total. The fraction of sp³-hybridized carbons (Fsp3) is 0.900. The zero-order valence-corrected chi connectivity index (χ0v) is 8.66. The number of nitrogens with zero attached hydrogens (tertiary/aromatic N) is 1. The molecule has 0 radical (unpaired) electrons. The van der Waals surface area contributed by atoms with E-state index in [0.29, 0.717) is 12.6 Å². The van der Waals surface area contributed by atoms with Gasteiger partial charge in [0.15, 0.2) is 0 Å². The van der Waals surface area contributed by atoms with Crippen LogP contribution in [0.2, 0.25) is 0 Å². The van der Waals surface area contributed by atoms with Crippen molar-refractivity contribution in [3.8, 4) is 0 Å². The number of methoxy groups -OCH3 is 1. The van der Waals surface area contributed by atoms with Crippen LogP contribution in [0.5, 0.6) is 0 Å². The van der Waals surface area contributed by atoms with E-state index in [1.54, 1.807) is 7.11 Å². The van der Waals surface area contributed by atoms with Crippen LogP contribution in [-0.2, 0) is 9.47 Å². The van der Waals surface area contributed by atoms with Crippen LogP contribution in [0, 0.1) is 0 Å². The number of hydrogen-bond acceptors (Lipinski definition) is 4. The second kappa shape index (κ2) is 4.75. The van der Waals surface area contributed by atoms with E-state index < -0.39 is 0 Å². The maximum absolute atomic E-state index is 5.37. The smallest absolute Gasteiger partial charge is 0.101 e. The van der Waals surface area contributed by atoms with E-state index in [4.69, 9.17) is 9.47 Å². The molecule has 1 N–H and O–H groups in total. The lowest BCUT2D eigenvalue weighted by Gasteiger charge is -2.31. The highest BCUT2D eigenvalue weighted by Crippen LogP contribution is 2.12. The molecule has 80 valence electrons. The summed E-state index contributed by atoms with van der Waals surface area (Å²) in [6.07, 6.45) is 3.46. The van der Waals surface area contributed by atoms with E-state index >= 15 is 0 Å². The zero-order chi connectivity index (χ0) is 9.80. The molecule has 0 aromatic heterocycles. The van der Waals surface area contributed by atoms with Gasteiger partial charge in [-0.05, 0) is 12.8 Å². The number of aliphatic imine (C=N–C) groups is 1. The summed E-state index contributed by atoms with van der Waals surface area (Å²) >= 11 is 0. The van der Waals surface area contributed by atoms with Gasteiger partial charge in [0.2, 0.25) is 0 Å². The predicted octanol–water partition coefficient (Wildman–Crippen LogP) is 0.572. The van der Waals surface area contributed by atoms with E-state index in [2.05, 4.69) is 10.3 Å². The topological polar surface area (TPSA) is 42.9 Å². The molecule has 14 heavy (non-hydrogen) atoms. The minimum Gasteiger partial charge on any atom is -0.379 e. The Labute approximate surface area is 84.7 Å². The van der Waals surface area contributed by atoms with Gasteiger partial charge >= 0.3 is 0 Å². The van der Waals surface area contributed by atoms with Gasteiger partial charge in [0.25, 0.3) is 0 Å². The molecule has 1 saturated heterocycles. The molecule has 0 saturated carbocycles. The molecule has 2 aliphatic heterocycles. The van der Waals surface area contributed by atoms with Crippen molar-refractivity contribution in [2.45, 2.75) is 31.4 Å². The molecule has 0 spiro atoms. The summed E-state index contributed by atoms with van der Waals surface area (Å²) < 4.78 is 10.7. The standard InChI is InChI=1S/C10H18N2O2/c1-13-9-7-14-6-4-8(9)12-10-3-2-5-11-10/h8-9H,2-7H2,1H3,(H,11,12). The second-order valence-corrected chi connectivity index (χ2v) is 3.82. The Morgan fingerprint density at radius 1 is 1.57 bits per heavy atom. The van der Waals surface area contributed by atoms with Gasteiger partial charge in [-0.25, -0.2) is 0 Å². The summed E-state index contributed by atoms with van der Waals surface area (Å²) in [5, 5.41) is 3.46. The van der Waals surface area contributed by atoms with Crippen molar-refractivity contribution in [2.75, 3.05) is 26.9 Å². The van der Waals surface area contributed by atoms with Crippen LogP contribution in [0.25, 0.3) is 0 Å². The van der Waals surface area contributed by atoms with Crippen molar-refractivity contribution in [1.29, 1.82) is 0 Å². The third kappa shape index (κ3) is 2.25. The van der Waals surface area contributed by atoms with Crippen LogP contribution in [0.4, 0.5) is 0 Å². The van der Waals surface area contributed by atoms with Crippen molar-refractivity contribution in [3.05, 3.63) is 0 Å². The number of amidine groups is 1. The molecule has 0 aromatic rings. The average molecular weight is 198 g/mol. The summed E-state index contributed by atoms with van der Waals surface area (Å²) in [6, 6.07) is 0.380. The van der Waals surface area contributed by atoms with E-state index in [-0.39, 0.29) is 6.10 Å². The van der Waals surface area contributed by atoms with Gasteiger partial charge < -0.3 is 14.8 Å². The average Bonchev–Trinajstić information content (AvgIpc) is 2.71. The highest BCUT2D eigenvalue weighted by atomic mass is 16.5. The fourth-order valence-corrected chi connectivity index (χ4v) is 1.98. The summed E-state index contributed by atoms with van der Waals surface area (Å²) in [7, 11) is 1.74. The molecular weight excluding hydrogens is 180 g/mol. The molecule has 2 heterocycles. The predicted molar refractivity (Wildman–Crippen MR) is 54.7 cm³/mol. The highest BCUT2D eigenvalue weighted by molar-refractivity contribution is 5.83. The molecule has 2 rings (SSSR count). The summed E-state index contributed by atoms with van der Waals surface area (Å²) in [5.74, 6) is 1.15. The minimum absolute atomic E-state index is 0.173. The van der Waals surface area contributed by atoms with Gasteiger partial charge in [0.1, 0.15) is 6.10 Å². The Bertz CT molecular complexity index is 218. The third-order valence-corrected chi connectivity index (χ3v) is 2.83. The molecule has 0 aliphatic carbocycles. The summed E-state index contributed by atoms with van der Waals surface area (Å²) in [6.45, 7) is 2.50. The molecule has 0 bridgehead atoms. The molecule has 2 unspecified atom stereocenters. The first-order valence-corrected chi connectivity index (χ1v) is 5.30. The molecule has 1 fully saturated rings. The lowest BCUT2D eigenvalue weighted by molar-refractivity contribution is -0.0457. The molecule has 0 amide bonds. The van der Waals surface area contributed by atoms with Crippen molar-refractivity contribution in [2.24, 2.45) is 4.99 Å². The minimum atomic E-state index is 0.173. The maximum atomic E-state index is 5.37. The number of ether oxygens (including phenoxy) is 2. The Morgan fingerprint density at radius 3 is 3.21 bits per heavy atom. The molecular formula is C10H18N2O2. The van der Waals surface area contributed by atoms with Crippen LogP contribution in [0.15, 0.2) is 4.99 Å². The van der Waals surface area contributed by atoms with Crippen LogP contribution >= 0.6 is 0 Å². The van der Waals surface area contributed by atoms with Crippen molar-refractivity contribution in [3.63, 3.8) is 0 Å². The van der Waals surface area contributed by atoms with Crippen molar-refractivity contribution >= 4 is 5.84 Å². The normalized spacial score (nSPS) is 32.8.